The zero-order valence-electron chi connectivity index (χ0n) is 11.9. The number of rotatable bonds is 6. The molecule has 0 amide bonds. The van der Waals surface area contributed by atoms with E-state index >= 15 is 0 Å². The van der Waals surface area contributed by atoms with Crippen molar-refractivity contribution in [3.63, 3.8) is 0 Å². The number of thiophene rings is 1. The second-order valence-electron chi connectivity index (χ2n) is 5.14. The van der Waals surface area contributed by atoms with Crippen molar-refractivity contribution >= 4 is 21.4 Å². The maximum Gasteiger partial charge on any atom is 0.241 e. The maximum absolute atomic E-state index is 12.3. The summed E-state index contributed by atoms with van der Waals surface area (Å²) in [5.41, 5.74) is 5.56. The molecular formula is C13H23N3O2S2. The quantitative estimate of drug-likeness (QED) is 0.829. The lowest BCUT2D eigenvalue weighted by Crippen LogP contribution is -2.37. The highest BCUT2D eigenvalue weighted by atomic mass is 32.2. The summed E-state index contributed by atoms with van der Waals surface area (Å²) in [5, 5.41) is 0. The minimum absolute atomic E-state index is 0.376. The number of piperidine rings is 1. The van der Waals surface area contributed by atoms with Crippen molar-refractivity contribution in [3.05, 3.63) is 15.8 Å². The van der Waals surface area contributed by atoms with Crippen LogP contribution in [0.15, 0.2) is 11.0 Å². The van der Waals surface area contributed by atoms with Gasteiger partial charge in [-0.1, -0.05) is 6.42 Å². The van der Waals surface area contributed by atoms with Crippen LogP contribution >= 0.6 is 11.3 Å². The Morgan fingerprint density at radius 2 is 2.05 bits per heavy atom. The summed E-state index contributed by atoms with van der Waals surface area (Å²) in [7, 11) is -3.40. The van der Waals surface area contributed by atoms with E-state index in [1.807, 2.05) is 6.92 Å². The van der Waals surface area contributed by atoms with E-state index in [1.54, 1.807) is 6.07 Å². The normalized spacial score (nSPS) is 17.5. The van der Waals surface area contributed by atoms with E-state index in [-0.39, 0.29) is 0 Å². The zero-order valence-corrected chi connectivity index (χ0v) is 13.5. The van der Waals surface area contributed by atoms with E-state index in [9.17, 15) is 8.42 Å². The van der Waals surface area contributed by atoms with Gasteiger partial charge < -0.3 is 10.6 Å². The van der Waals surface area contributed by atoms with Gasteiger partial charge in [0.15, 0.2) is 0 Å². The molecule has 1 saturated heterocycles. The molecule has 1 aliphatic heterocycles. The van der Waals surface area contributed by atoms with Crippen LogP contribution in [0.2, 0.25) is 0 Å². The van der Waals surface area contributed by atoms with Crippen molar-refractivity contribution < 1.29 is 8.42 Å². The summed E-state index contributed by atoms with van der Waals surface area (Å²) in [6, 6.07) is 1.68. The predicted molar refractivity (Wildman–Crippen MR) is 82.4 cm³/mol. The molecule has 0 saturated carbocycles. The van der Waals surface area contributed by atoms with Crippen LogP contribution in [-0.2, 0) is 16.6 Å². The Bertz CT molecular complexity index is 534. The fraction of sp³-hybridized carbons (Fsp3) is 0.692. The standard InChI is InChI=1S/C13H23N3O2S2/c1-11-13(9-12(10-14)19-11)20(17,18)15-5-8-16-6-3-2-4-7-16/h9,15H,2-8,10,14H2,1H3. The smallest absolute Gasteiger partial charge is 0.241 e. The van der Waals surface area contributed by atoms with E-state index in [1.165, 1.54) is 30.6 Å². The second-order valence-corrected chi connectivity index (χ2v) is 8.21. The lowest BCUT2D eigenvalue weighted by atomic mass is 10.1. The van der Waals surface area contributed by atoms with Gasteiger partial charge in [0, 0.05) is 29.4 Å². The van der Waals surface area contributed by atoms with Crippen molar-refractivity contribution in [2.24, 2.45) is 5.73 Å². The van der Waals surface area contributed by atoms with Gasteiger partial charge in [0.2, 0.25) is 10.0 Å². The number of hydrogen-bond acceptors (Lipinski definition) is 5. The molecule has 2 heterocycles. The Hall–Kier alpha value is -0.470. The molecule has 1 aliphatic rings. The third-order valence-corrected chi connectivity index (χ3v) is 6.37. The van der Waals surface area contributed by atoms with Gasteiger partial charge in [-0.25, -0.2) is 13.1 Å². The fourth-order valence-corrected chi connectivity index (χ4v) is 5.02. The molecule has 114 valence electrons. The van der Waals surface area contributed by atoms with Crippen LogP contribution in [-0.4, -0.2) is 39.5 Å². The summed E-state index contributed by atoms with van der Waals surface area (Å²) >= 11 is 1.45. The second kappa shape index (κ2) is 7.00. The molecule has 20 heavy (non-hydrogen) atoms. The van der Waals surface area contributed by atoms with Gasteiger partial charge >= 0.3 is 0 Å². The predicted octanol–water partition coefficient (Wildman–Crippen LogP) is 1.28. The Labute approximate surface area is 125 Å². The van der Waals surface area contributed by atoms with Crippen molar-refractivity contribution in [2.75, 3.05) is 26.2 Å². The number of nitrogens with zero attached hydrogens (tertiary/aromatic N) is 1. The molecule has 5 nitrogen and oxygen atoms in total. The molecule has 0 aliphatic carbocycles. The molecule has 3 N–H and O–H groups in total. The van der Waals surface area contributed by atoms with Crippen LogP contribution in [0.1, 0.15) is 29.0 Å². The highest BCUT2D eigenvalue weighted by Crippen LogP contribution is 2.25. The first-order chi connectivity index (χ1) is 9.53. The van der Waals surface area contributed by atoms with Gasteiger partial charge in [-0.05, 0) is 38.9 Å². The average molecular weight is 317 g/mol. The Morgan fingerprint density at radius 1 is 1.35 bits per heavy atom. The minimum atomic E-state index is -3.40. The molecule has 0 bridgehead atoms. The molecule has 7 heteroatoms. The highest BCUT2D eigenvalue weighted by molar-refractivity contribution is 7.89. The largest absolute Gasteiger partial charge is 0.326 e. The van der Waals surface area contributed by atoms with Crippen LogP contribution in [0.5, 0.6) is 0 Å². The van der Waals surface area contributed by atoms with Crippen molar-refractivity contribution in [1.29, 1.82) is 0 Å². The van der Waals surface area contributed by atoms with Crippen LogP contribution in [0.3, 0.4) is 0 Å². The summed E-state index contributed by atoms with van der Waals surface area (Å²) in [6.07, 6.45) is 3.73. The van der Waals surface area contributed by atoms with E-state index < -0.39 is 10.0 Å². The number of sulfonamides is 1. The summed E-state index contributed by atoms with van der Waals surface area (Å²) in [5.74, 6) is 0. The van der Waals surface area contributed by atoms with Crippen LogP contribution < -0.4 is 10.5 Å². The molecule has 1 fully saturated rings. The van der Waals surface area contributed by atoms with E-state index in [4.69, 9.17) is 5.73 Å². The lowest BCUT2D eigenvalue weighted by Gasteiger charge is -2.26. The topological polar surface area (TPSA) is 75.4 Å². The molecule has 0 aromatic carbocycles. The van der Waals surface area contributed by atoms with Crippen molar-refractivity contribution in [1.82, 2.24) is 9.62 Å². The van der Waals surface area contributed by atoms with Gasteiger partial charge in [-0.2, -0.15) is 0 Å². The molecule has 0 radical (unpaired) electrons. The zero-order chi connectivity index (χ0) is 14.6. The molecule has 0 spiro atoms. The molecule has 1 aromatic heterocycles. The Kier molecular flexibility index (Phi) is 5.57. The molecule has 0 unspecified atom stereocenters. The monoisotopic (exact) mass is 317 g/mol. The van der Waals surface area contributed by atoms with Crippen molar-refractivity contribution in [3.8, 4) is 0 Å². The van der Waals surface area contributed by atoms with Gasteiger partial charge in [0.25, 0.3) is 0 Å². The Morgan fingerprint density at radius 3 is 2.65 bits per heavy atom. The maximum atomic E-state index is 12.3. The van der Waals surface area contributed by atoms with Gasteiger partial charge in [-0.3, -0.25) is 0 Å². The number of likely N-dealkylation sites (tertiary alicyclic amines) is 1. The van der Waals surface area contributed by atoms with Gasteiger partial charge in [-0.15, -0.1) is 11.3 Å². The first-order valence-corrected chi connectivity index (χ1v) is 9.34. The average Bonchev–Trinajstić information content (AvgIpc) is 2.82. The molecule has 0 atom stereocenters. The number of hydrogen-bond donors (Lipinski definition) is 2. The highest BCUT2D eigenvalue weighted by Gasteiger charge is 2.19. The fourth-order valence-electron chi connectivity index (χ4n) is 2.49. The van der Waals surface area contributed by atoms with E-state index in [2.05, 4.69) is 9.62 Å². The summed E-state index contributed by atoms with van der Waals surface area (Å²) in [6.45, 7) is 5.62. The molecule has 1 aromatic rings. The lowest BCUT2D eigenvalue weighted by molar-refractivity contribution is 0.233. The van der Waals surface area contributed by atoms with Crippen LogP contribution in [0.4, 0.5) is 0 Å². The van der Waals surface area contributed by atoms with Gasteiger partial charge in [0.05, 0.1) is 4.90 Å². The molecule has 2 rings (SSSR count). The van der Waals surface area contributed by atoms with Crippen LogP contribution in [0.25, 0.3) is 0 Å². The third kappa shape index (κ3) is 4.02. The Balaban J connectivity index is 1.91. The summed E-state index contributed by atoms with van der Waals surface area (Å²) in [4.78, 5) is 4.40. The van der Waals surface area contributed by atoms with Crippen molar-refractivity contribution in [2.45, 2.75) is 37.6 Å². The minimum Gasteiger partial charge on any atom is -0.326 e. The first kappa shape index (κ1) is 15.9. The molecular weight excluding hydrogens is 294 g/mol. The number of nitrogens with one attached hydrogen (secondary N) is 1. The van der Waals surface area contributed by atoms with E-state index in [0.717, 1.165) is 29.4 Å². The number of nitrogens with two attached hydrogens (primary N) is 1. The first-order valence-electron chi connectivity index (χ1n) is 7.04. The third-order valence-electron chi connectivity index (χ3n) is 3.58. The van der Waals surface area contributed by atoms with Gasteiger partial charge in [0.1, 0.15) is 0 Å². The number of aryl methyl sites for hydroxylation is 1. The summed E-state index contributed by atoms with van der Waals surface area (Å²) < 4.78 is 27.2. The van der Waals surface area contributed by atoms with Crippen LogP contribution in [0, 0.1) is 6.92 Å². The SMILES string of the molecule is Cc1sc(CN)cc1S(=O)(=O)NCCN1CCCCC1. The van der Waals surface area contributed by atoms with E-state index in [0.29, 0.717) is 18.0 Å².